The van der Waals surface area contributed by atoms with Crippen molar-refractivity contribution in [2.45, 2.75) is 20.0 Å². The average Bonchev–Trinajstić information content (AvgIpc) is 3.27. The second kappa shape index (κ2) is 8.95. The van der Waals surface area contributed by atoms with E-state index in [0.717, 1.165) is 16.7 Å². The van der Waals surface area contributed by atoms with Gasteiger partial charge >= 0.3 is 5.97 Å². The van der Waals surface area contributed by atoms with Gasteiger partial charge in [0.25, 0.3) is 0 Å². The molecule has 0 spiro atoms. The lowest BCUT2D eigenvalue weighted by molar-refractivity contribution is 0.0524. The van der Waals surface area contributed by atoms with Crippen molar-refractivity contribution < 1.29 is 23.7 Å². The summed E-state index contributed by atoms with van der Waals surface area (Å²) in [6, 6.07) is 12.9. The number of methoxy groups -OCH3 is 1. The normalized spacial score (nSPS) is 12.1. The summed E-state index contributed by atoms with van der Waals surface area (Å²) in [6.45, 7) is 2.74. The number of fused-ring (bicyclic) bond motifs is 1. The highest BCUT2D eigenvalue weighted by atomic mass is 16.5. The van der Waals surface area contributed by atoms with Crippen LogP contribution in [-0.2, 0) is 17.8 Å². The molecule has 0 atom stereocenters. The van der Waals surface area contributed by atoms with Gasteiger partial charge in [-0.2, -0.15) is 0 Å². The summed E-state index contributed by atoms with van der Waals surface area (Å²) in [7, 11) is 1.58. The van der Waals surface area contributed by atoms with Crippen molar-refractivity contribution in [1.82, 2.24) is 4.98 Å². The minimum absolute atomic E-state index is 0.0428. The van der Waals surface area contributed by atoms with Crippen molar-refractivity contribution in [3.8, 4) is 28.5 Å². The van der Waals surface area contributed by atoms with Crippen molar-refractivity contribution in [3.63, 3.8) is 0 Å². The molecule has 4 rings (SSSR count). The Bertz CT molecular complexity index is 1150. The van der Waals surface area contributed by atoms with Crippen molar-refractivity contribution in [3.05, 3.63) is 75.6 Å². The molecular weight excluding hydrogens is 398 g/mol. The van der Waals surface area contributed by atoms with Gasteiger partial charge in [0.05, 0.1) is 26.0 Å². The van der Waals surface area contributed by atoms with Crippen LogP contribution in [0.25, 0.3) is 11.3 Å². The van der Waals surface area contributed by atoms with Crippen LogP contribution in [0, 0.1) is 0 Å². The number of aromatic amines is 1. The van der Waals surface area contributed by atoms with Gasteiger partial charge in [0.2, 0.25) is 0 Å². The number of ether oxygens (including phenoxy) is 4. The van der Waals surface area contributed by atoms with Gasteiger partial charge in [-0.1, -0.05) is 30.3 Å². The van der Waals surface area contributed by atoms with Crippen LogP contribution in [0.2, 0.25) is 0 Å². The number of nitrogens with one attached hydrogen (secondary N) is 1. The molecule has 0 amide bonds. The summed E-state index contributed by atoms with van der Waals surface area (Å²) >= 11 is 0. The highest BCUT2D eigenvalue weighted by Crippen LogP contribution is 2.47. The smallest absolute Gasteiger partial charge is 0.343 e. The van der Waals surface area contributed by atoms with Gasteiger partial charge in [-0.3, -0.25) is 4.79 Å². The number of rotatable bonds is 7. The summed E-state index contributed by atoms with van der Waals surface area (Å²) in [5.41, 5.74) is 2.68. The largest absolute Gasteiger partial charge is 0.493 e. The fourth-order valence-electron chi connectivity index (χ4n) is 3.60. The molecule has 2 aromatic carbocycles. The molecule has 0 unspecified atom stereocenters. The Morgan fingerprint density at radius 2 is 1.97 bits per heavy atom. The maximum Gasteiger partial charge on any atom is 0.343 e. The van der Waals surface area contributed by atoms with Crippen molar-refractivity contribution in [1.29, 1.82) is 0 Å². The summed E-state index contributed by atoms with van der Waals surface area (Å²) < 4.78 is 22.4. The molecule has 0 fully saturated rings. The van der Waals surface area contributed by atoms with E-state index >= 15 is 0 Å². The van der Waals surface area contributed by atoms with E-state index in [1.54, 1.807) is 20.1 Å². The van der Waals surface area contributed by atoms with E-state index in [0.29, 0.717) is 42.6 Å². The van der Waals surface area contributed by atoms with Gasteiger partial charge in [-0.25, -0.2) is 4.79 Å². The standard InChI is InChI=1S/C24H23NO6/c1-3-29-24(27)17-13-25-18(11-19(17)26)22-16-9-10-30-23(16)21(28-2)12-20(22)31-14-15-7-5-4-6-8-15/h4-8,11-13H,3,9-10,14H2,1-2H3,(H,25,26). The molecule has 0 saturated heterocycles. The minimum Gasteiger partial charge on any atom is -0.493 e. The molecule has 1 aliphatic heterocycles. The lowest BCUT2D eigenvalue weighted by Crippen LogP contribution is -2.17. The van der Waals surface area contributed by atoms with Crippen LogP contribution in [-0.4, -0.2) is 31.3 Å². The Labute approximate surface area is 179 Å². The third-order valence-corrected chi connectivity index (χ3v) is 5.04. The molecule has 1 aliphatic rings. The molecule has 31 heavy (non-hydrogen) atoms. The Kier molecular flexibility index (Phi) is 5.93. The van der Waals surface area contributed by atoms with Crippen molar-refractivity contribution >= 4 is 5.97 Å². The van der Waals surface area contributed by atoms with E-state index in [1.807, 2.05) is 30.3 Å². The number of carbonyl (C=O) groups excluding carboxylic acids is 1. The fraction of sp³-hybridized carbons (Fsp3) is 0.250. The van der Waals surface area contributed by atoms with Gasteiger partial charge in [-0.15, -0.1) is 0 Å². The summed E-state index contributed by atoms with van der Waals surface area (Å²) in [4.78, 5) is 27.7. The van der Waals surface area contributed by atoms with E-state index in [9.17, 15) is 9.59 Å². The Morgan fingerprint density at radius 3 is 2.68 bits per heavy atom. The number of benzene rings is 2. The SMILES string of the molecule is CCOC(=O)c1c[nH]c(-c2c(OCc3ccccc3)cc(OC)c3c2CCO3)cc1=O. The molecule has 7 nitrogen and oxygen atoms in total. The van der Waals surface area contributed by atoms with Crippen LogP contribution in [0.3, 0.4) is 0 Å². The molecule has 0 saturated carbocycles. The number of hydrogen-bond acceptors (Lipinski definition) is 6. The predicted molar refractivity (Wildman–Crippen MR) is 115 cm³/mol. The monoisotopic (exact) mass is 421 g/mol. The molecule has 160 valence electrons. The van der Waals surface area contributed by atoms with Crippen LogP contribution < -0.4 is 19.6 Å². The lowest BCUT2D eigenvalue weighted by Gasteiger charge is -2.17. The zero-order valence-electron chi connectivity index (χ0n) is 17.4. The van der Waals surface area contributed by atoms with Gasteiger partial charge < -0.3 is 23.9 Å². The van der Waals surface area contributed by atoms with Crippen molar-refractivity contribution in [2.24, 2.45) is 0 Å². The number of aromatic nitrogens is 1. The lowest BCUT2D eigenvalue weighted by atomic mass is 9.99. The molecule has 1 N–H and O–H groups in total. The van der Waals surface area contributed by atoms with Crippen LogP contribution in [0.4, 0.5) is 0 Å². The first-order valence-electron chi connectivity index (χ1n) is 10.1. The van der Waals surface area contributed by atoms with Crippen LogP contribution in [0.1, 0.15) is 28.4 Å². The maximum absolute atomic E-state index is 12.6. The van der Waals surface area contributed by atoms with Crippen LogP contribution >= 0.6 is 0 Å². The second-order valence-corrected chi connectivity index (χ2v) is 6.98. The zero-order chi connectivity index (χ0) is 21.8. The average molecular weight is 421 g/mol. The molecule has 1 aromatic heterocycles. The fourth-order valence-corrected chi connectivity index (χ4v) is 3.60. The molecule has 2 heterocycles. The number of carbonyl (C=O) groups is 1. The molecular formula is C24H23NO6. The molecule has 0 radical (unpaired) electrons. The Balaban J connectivity index is 1.79. The maximum atomic E-state index is 12.6. The first kappa shape index (κ1) is 20.5. The summed E-state index contributed by atoms with van der Waals surface area (Å²) in [6.07, 6.45) is 2.02. The van der Waals surface area contributed by atoms with E-state index < -0.39 is 11.4 Å². The van der Waals surface area contributed by atoms with Crippen LogP contribution in [0.5, 0.6) is 17.2 Å². The first-order chi connectivity index (χ1) is 15.1. The molecule has 0 aliphatic carbocycles. The van der Waals surface area contributed by atoms with Gasteiger partial charge in [0.1, 0.15) is 17.9 Å². The quantitative estimate of drug-likeness (QED) is 0.585. The second-order valence-electron chi connectivity index (χ2n) is 6.98. The summed E-state index contributed by atoms with van der Waals surface area (Å²) in [5, 5.41) is 0. The molecule has 7 heteroatoms. The number of hydrogen-bond donors (Lipinski definition) is 1. The van der Waals surface area contributed by atoms with E-state index in [2.05, 4.69) is 4.98 Å². The highest BCUT2D eigenvalue weighted by Gasteiger charge is 2.27. The van der Waals surface area contributed by atoms with Crippen LogP contribution in [0.15, 0.2) is 53.5 Å². The zero-order valence-corrected chi connectivity index (χ0v) is 17.4. The van der Waals surface area contributed by atoms with Gasteiger partial charge in [0, 0.05) is 35.9 Å². The number of H-pyrrole nitrogens is 1. The molecule has 3 aromatic rings. The minimum atomic E-state index is -0.654. The Hall–Kier alpha value is -3.74. The number of pyridine rings is 1. The Morgan fingerprint density at radius 1 is 1.16 bits per heavy atom. The van der Waals surface area contributed by atoms with Gasteiger partial charge in [0.15, 0.2) is 16.9 Å². The molecule has 0 bridgehead atoms. The van der Waals surface area contributed by atoms with E-state index in [4.69, 9.17) is 18.9 Å². The number of esters is 1. The van der Waals surface area contributed by atoms with E-state index in [1.165, 1.54) is 12.3 Å². The van der Waals surface area contributed by atoms with Crippen molar-refractivity contribution in [2.75, 3.05) is 20.3 Å². The van der Waals surface area contributed by atoms with Gasteiger partial charge in [-0.05, 0) is 12.5 Å². The predicted octanol–water partition coefficient (Wildman–Crippen LogP) is 3.74. The highest BCUT2D eigenvalue weighted by molar-refractivity contribution is 5.89. The first-order valence-corrected chi connectivity index (χ1v) is 10.1. The van der Waals surface area contributed by atoms with E-state index in [-0.39, 0.29) is 12.2 Å². The third kappa shape index (κ3) is 4.12. The summed E-state index contributed by atoms with van der Waals surface area (Å²) in [5.74, 6) is 1.12. The third-order valence-electron chi connectivity index (χ3n) is 5.04. The topological polar surface area (TPSA) is 86.9 Å².